The second-order valence-corrected chi connectivity index (χ2v) is 29.5. The number of carbonyl (C=O) groups is 2. The average Bonchev–Trinajstić information content (AvgIpc) is 3.75. The molecule has 0 aromatic carbocycles. The molecule has 0 rings (SSSR count). The maximum Gasteiger partial charge on any atom is 0.305 e. The van der Waals surface area contributed by atoms with E-state index in [0.29, 0.717) is 25.9 Å². The topological polar surface area (TPSA) is 95.9 Å². The van der Waals surface area contributed by atoms with E-state index in [1.54, 1.807) is 0 Å². The zero-order valence-electron chi connectivity index (χ0n) is 62.4. The van der Waals surface area contributed by atoms with Gasteiger partial charge in [0.25, 0.3) is 0 Å². The third-order valence-corrected chi connectivity index (χ3v) is 20.3. The maximum atomic E-state index is 12.6. The fraction of sp³-hybridized carbons (Fsp3) is 0.953. The van der Waals surface area contributed by atoms with Gasteiger partial charge in [0.2, 0.25) is 5.91 Å². The molecule has 0 aromatic rings. The number of carbonyl (C=O) groups excluding carboxylic acids is 2. The molecule has 1 amide bonds. The van der Waals surface area contributed by atoms with E-state index in [0.717, 1.165) is 44.9 Å². The van der Waals surface area contributed by atoms with Crippen molar-refractivity contribution >= 4 is 11.9 Å². The minimum atomic E-state index is -0.661. The molecule has 2 unspecified atom stereocenters. The average molecular weight is 1280 g/mol. The van der Waals surface area contributed by atoms with Crippen LogP contribution in [0.25, 0.3) is 0 Å². The largest absolute Gasteiger partial charge is 0.466 e. The molecule has 0 saturated carbocycles. The van der Waals surface area contributed by atoms with Gasteiger partial charge in [0.05, 0.1) is 25.4 Å². The second-order valence-electron chi connectivity index (χ2n) is 29.5. The van der Waals surface area contributed by atoms with Crippen LogP contribution in [-0.4, -0.2) is 47.4 Å². The summed E-state index contributed by atoms with van der Waals surface area (Å²) in [6.07, 6.45) is 103. The lowest BCUT2D eigenvalue weighted by Gasteiger charge is -2.22. The Morgan fingerprint density at radius 1 is 0.297 bits per heavy atom. The summed E-state index contributed by atoms with van der Waals surface area (Å²) in [6, 6.07) is -0.538. The normalized spacial score (nSPS) is 12.4. The number of amides is 1. The molecule has 0 aliphatic rings. The Morgan fingerprint density at radius 3 is 0.780 bits per heavy atom. The predicted molar refractivity (Wildman–Crippen MR) is 403 cm³/mol. The fourth-order valence-electron chi connectivity index (χ4n) is 13.9. The molecule has 6 heteroatoms. The highest BCUT2D eigenvalue weighted by atomic mass is 16.5. The minimum Gasteiger partial charge on any atom is -0.466 e. The summed E-state index contributed by atoms with van der Waals surface area (Å²) in [5.41, 5.74) is 0. The molecule has 0 radical (unpaired) electrons. The molecule has 0 heterocycles. The Kier molecular flexibility index (Phi) is 79.8. The van der Waals surface area contributed by atoms with E-state index >= 15 is 0 Å². The summed E-state index contributed by atoms with van der Waals surface area (Å²) in [5.74, 6) is -0.00667. The Balaban J connectivity index is 3.31. The van der Waals surface area contributed by atoms with Gasteiger partial charge in [0, 0.05) is 12.8 Å². The third kappa shape index (κ3) is 77.5. The molecule has 0 bridgehead atoms. The lowest BCUT2D eigenvalue weighted by Crippen LogP contribution is -2.45. The number of hydrogen-bond donors (Lipinski definition) is 3. The van der Waals surface area contributed by atoms with Gasteiger partial charge in [-0.3, -0.25) is 9.59 Å². The van der Waals surface area contributed by atoms with Gasteiger partial charge in [-0.1, -0.05) is 443 Å². The molecule has 91 heavy (non-hydrogen) atoms. The highest BCUT2D eigenvalue weighted by Gasteiger charge is 2.20. The standard InChI is InChI=1S/C85H167NO5/c1-3-5-7-9-11-13-15-17-19-21-22-23-37-40-43-46-49-53-57-61-65-69-73-77-83(88)82(81-87)86-84(89)78-74-70-66-62-58-54-50-47-44-41-38-35-33-31-29-27-25-24-26-28-30-32-34-36-39-42-45-48-52-56-60-64-68-72-76-80-91-85(90)79-75-71-67-63-59-55-51-20-18-16-14-12-10-8-6-4-2/h20,51,82-83,87-88H,3-19,21-50,52-81H2,1-2H3,(H,86,89)/b51-20-. The van der Waals surface area contributed by atoms with Gasteiger partial charge in [0.15, 0.2) is 0 Å². The molecule has 0 aromatic heterocycles. The van der Waals surface area contributed by atoms with Crippen molar-refractivity contribution in [1.29, 1.82) is 0 Å². The van der Waals surface area contributed by atoms with Crippen molar-refractivity contribution in [2.75, 3.05) is 13.2 Å². The first kappa shape index (κ1) is 89.6. The SMILES string of the molecule is CCCCCCCCC/C=C\CCCCCCCC(=O)OCCCCCCCCCCCCCCCCCCCCCCCCCCCCCCCCCCCCCC(=O)NC(CO)C(O)CCCCCCCCCCCCCCCCCCCCCCCCC. The predicted octanol–water partition coefficient (Wildman–Crippen LogP) is 28.2. The van der Waals surface area contributed by atoms with Gasteiger partial charge in [-0.2, -0.15) is 0 Å². The van der Waals surface area contributed by atoms with E-state index in [4.69, 9.17) is 4.74 Å². The lowest BCUT2D eigenvalue weighted by molar-refractivity contribution is -0.143. The van der Waals surface area contributed by atoms with E-state index in [-0.39, 0.29) is 18.5 Å². The summed E-state index contributed by atoms with van der Waals surface area (Å²) >= 11 is 0. The monoisotopic (exact) mass is 1280 g/mol. The number of hydrogen-bond acceptors (Lipinski definition) is 5. The molecule has 6 nitrogen and oxygen atoms in total. The summed E-state index contributed by atoms with van der Waals surface area (Å²) in [4.78, 5) is 24.7. The van der Waals surface area contributed by atoms with Crippen LogP contribution < -0.4 is 5.32 Å². The molecule has 2 atom stereocenters. The van der Waals surface area contributed by atoms with Crippen molar-refractivity contribution in [3.05, 3.63) is 12.2 Å². The molecular weight excluding hydrogens is 1110 g/mol. The molecule has 0 saturated heterocycles. The van der Waals surface area contributed by atoms with Gasteiger partial charge >= 0.3 is 5.97 Å². The highest BCUT2D eigenvalue weighted by molar-refractivity contribution is 5.76. The van der Waals surface area contributed by atoms with Gasteiger partial charge in [0.1, 0.15) is 0 Å². The first-order valence-electron chi connectivity index (χ1n) is 42.4. The number of nitrogens with one attached hydrogen (secondary N) is 1. The second kappa shape index (κ2) is 81.0. The number of ether oxygens (including phenoxy) is 1. The van der Waals surface area contributed by atoms with E-state index in [9.17, 15) is 19.8 Å². The smallest absolute Gasteiger partial charge is 0.305 e. The van der Waals surface area contributed by atoms with Crippen molar-refractivity contribution in [2.45, 2.75) is 508 Å². The van der Waals surface area contributed by atoms with E-state index in [1.165, 1.54) is 417 Å². The summed E-state index contributed by atoms with van der Waals surface area (Å²) in [5, 5.41) is 23.5. The molecule has 3 N–H and O–H groups in total. The number of unbranched alkanes of at least 4 members (excludes halogenated alkanes) is 68. The van der Waals surface area contributed by atoms with Gasteiger partial charge in [-0.25, -0.2) is 0 Å². The Hall–Kier alpha value is -1.40. The van der Waals surface area contributed by atoms with Crippen LogP contribution in [0.3, 0.4) is 0 Å². The lowest BCUT2D eigenvalue weighted by atomic mass is 10.0. The maximum absolute atomic E-state index is 12.6. The van der Waals surface area contributed by atoms with Gasteiger partial charge < -0.3 is 20.3 Å². The van der Waals surface area contributed by atoms with Crippen molar-refractivity contribution in [3.63, 3.8) is 0 Å². The van der Waals surface area contributed by atoms with Crippen LogP contribution >= 0.6 is 0 Å². The van der Waals surface area contributed by atoms with E-state index in [2.05, 4.69) is 31.3 Å². The summed E-state index contributed by atoms with van der Waals surface area (Å²) < 4.78 is 5.51. The number of allylic oxidation sites excluding steroid dienone is 2. The highest BCUT2D eigenvalue weighted by Crippen LogP contribution is 2.21. The molecule has 542 valence electrons. The Labute approximate surface area is 571 Å². The summed E-state index contributed by atoms with van der Waals surface area (Å²) in [7, 11) is 0. The number of esters is 1. The number of rotatable bonds is 81. The fourth-order valence-corrected chi connectivity index (χ4v) is 13.9. The first-order valence-corrected chi connectivity index (χ1v) is 42.4. The van der Waals surface area contributed by atoms with Crippen LogP contribution in [0, 0.1) is 0 Å². The number of aliphatic hydroxyl groups is 2. The molecule has 0 aliphatic heterocycles. The van der Waals surface area contributed by atoms with Crippen LogP contribution in [0.15, 0.2) is 12.2 Å². The zero-order chi connectivity index (χ0) is 65.6. The first-order chi connectivity index (χ1) is 45.0. The van der Waals surface area contributed by atoms with Crippen LogP contribution in [-0.2, 0) is 14.3 Å². The quantitative estimate of drug-likeness (QED) is 0.0320. The Morgan fingerprint density at radius 2 is 0.516 bits per heavy atom. The minimum absolute atomic E-state index is 0.0166. The molecular formula is C85H167NO5. The van der Waals surface area contributed by atoms with Crippen molar-refractivity contribution in [2.24, 2.45) is 0 Å². The van der Waals surface area contributed by atoms with Crippen LogP contribution in [0.4, 0.5) is 0 Å². The van der Waals surface area contributed by atoms with Gasteiger partial charge in [-0.05, 0) is 51.4 Å². The van der Waals surface area contributed by atoms with Crippen molar-refractivity contribution in [1.82, 2.24) is 5.32 Å². The molecule has 0 fully saturated rings. The van der Waals surface area contributed by atoms with Crippen molar-refractivity contribution in [3.8, 4) is 0 Å². The zero-order valence-corrected chi connectivity index (χ0v) is 62.4. The van der Waals surface area contributed by atoms with Crippen molar-refractivity contribution < 1.29 is 24.5 Å². The van der Waals surface area contributed by atoms with Crippen LogP contribution in [0.5, 0.6) is 0 Å². The van der Waals surface area contributed by atoms with E-state index < -0.39 is 12.1 Å². The van der Waals surface area contributed by atoms with E-state index in [1.807, 2.05) is 0 Å². The molecule has 0 aliphatic carbocycles. The van der Waals surface area contributed by atoms with Gasteiger partial charge in [-0.15, -0.1) is 0 Å². The van der Waals surface area contributed by atoms with Crippen LogP contribution in [0.1, 0.15) is 495 Å². The number of aliphatic hydroxyl groups excluding tert-OH is 2. The van der Waals surface area contributed by atoms with Crippen LogP contribution in [0.2, 0.25) is 0 Å². The summed E-state index contributed by atoms with van der Waals surface area (Å²) in [6.45, 7) is 5.01. The molecule has 0 spiro atoms. The Bertz CT molecular complexity index is 1380. The third-order valence-electron chi connectivity index (χ3n) is 20.3.